The van der Waals surface area contributed by atoms with Crippen molar-refractivity contribution in [3.05, 3.63) is 65.5 Å². The number of hydrogen-bond acceptors (Lipinski definition) is 4. The van der Waals surface area contributed by atoms with Crippen LogP contribution >= 0.6 is 0 Å². The van der Waals surface area contributed by atoms with Gasteiger partial charge in [0, 0.05) is 36.8 Å². The van der Waals surface area contributed by atoms with Gasteiger partial charge in [-0.25, -0.2) is 9.18 Å². The van der Waals surface area contributed by atoms with Crippen LogP contribution in [0.3, 0.4) is 0 Å². The summed E-state index contributed by atoms with van der Waals surface area (Å²) in [5, 5.41) is 0. The van der Waals surface area contributed by atoms with E-state index in [1.165, 1.54) is 6.07 Å². The molecule has 1 saturated carbocycles. The molecular weight excluding hydrogens is 387 g/mol. The average molecular weight is 410 g/mol. The van der Waals surface area contributed by atoms with Crippen LogP contribution in [0, 0.1) is 5.82 Å². The maximum absolute atomic E-state index is 14.0. The third-order valence-corrected chi connectivity index (χ3v) is 5.42. The highest BCUT2D eigenvalue weighted by atomic mass is 19.1. The predicted molar refractivity (Wildman–Crippen MR) is 108 cm³/mol. The molecule has 1 saturated heterocycles. The molecule has 30 heavy (non-hydrogen) atoms. The summed E-state index contributed by atoms with van der Waals surface area (Å²) < 4.78 is 19.2. The van der Waals surface area contributed by atoms with Gasteiger partial charge in [0.05, 0.1) is 5.56 Å². The lowest BCUT2D eigenvalue weighted by Crippen LogP contribution is -2.36. The summed E-state index contributed by atoms with van der Waals surface area (Å²) in [5.74, 6) is -1.23. The summed E-state index contributed by atoms with van der Waals surface area (Å²) in [6, 6.07) is 13.0. The zero-order valence-electron chi connectivity index (χ0n) is 16.6. The number of carbonyl (C=O) groups excluding carboxylic acids is 3. The Balaban J connectivity index is 1.34. The molecule has 0 radical (unpaired) electrons. The highest BCUT2D eigenvalue weighted by molar-refractivity contribution is 5.96. The minimum Gasteiger partial charge on any atom is -0.452 e. The molecule has 2 aromatic rings. The molecular formula is C23H23FN2O4. The van der Waals surface area contributed by atoms with Gasteiger partial charge in [-0.1, -0.05) is 18.2 Å². The molecule has 0 atom stereocenters. The van der Waals surface area contributed by atoms with Crippen molar-refractivity contribution < 1.29 is 23.5 Å². The summed E-state index contributed by atoms with van der Waals surface area (Å²) in [4.78, 5) is 40.0. The van der Waals surface area contributed by atoms with Crippen LogP contribution in [-0.4, -0.2) is 41.9 Å². The van der Waals surface area contributed by atoms with E-state index in [0.717, 1.165) is 24.9 Å². The average Bonchev–Trinajstić information content (AvgIpc) is 3.51. The molecule has 7 heteroatoms. The standard InChI is InChI=1S/C23H23FN2O4/c24-20-5-2-1-4-17(20)14-26(19-11-12-19)22(28)15-30-23(29)16-7-9-18(10-8-16)25-13-3-6-21(25)27/h1-2,4-5,7-10,19H,3,6,11-15H2. The monoisotopic (exact) mass is 410 g/mol. The van der Waals surface area contributed by atoms with Gasteiger partial charge in [-0.15, -0.1) is 0 Å². The first-order valence-corrected chi connectivity index (χ1v) is 10.1. The van der Waals surface area contributed by atoms with Crippen molar-refractivity contribution >= 4 is 23.5 Å². The van der Waals surface area contributed by atoms with Gasteiger partial charge in [0.25, 0.3) is 5.91 Å². The Kier molecular flexibility index (Phi) is 5.79. The van der Waals surface area contributed by atoms with E-state index < -0.39 is 12.6 Å². The van der Waals surface area contributed by atoms with E-state index in [2.05, 4.69) is 0 Å². The van der Waals surface area contributed by atoms with Gasteiger partial charge >= 0.3 is 5.97 Å². The van der Waals surface area contributed by atoms with Crippen molar-refractivity contribution in [2.24, 2.45) is 0 Å². The Morgan fingerprint density at radius 2 is 1.83 bits per heavy atom. The van der Waals surface area contributed by atoms with E-state index >= 15 is 0 Å². The van der Waals surface area contributed by atoms with Crippen LogP contribution in [0.25, 0.3) is 0 Å². The Hall–Kier alpha value is -3.22. The Bertz CT molecular complexity index is 956. The molecule has 0 unspecified atom stereocenters. The largest absolute Gasteiger partial charge is 0.452 e. The number of halogens is 1. The predicted octanol–water partition coefficient (Wildman–Crippen LogP) is 3.30. The van der Waals surface area contributed by atoms with E-state index in [-0.39, 0.29) is 30.2 Å². The second-order valence-corrected chi connectivity index (χ2v) is 7.62. The molecule has 1 heterocycles. The number of esters is 1. The van der Waals surface area contributed by atoms with Crippen molar-refractivity contribution in [3.63, 3.8) is 0 Å². The van der Waals surface area contributed by atoms with E-state index in [0.29, 0.717) is 24.1 Å². The zero-order chi connectivity index (χ0) is 21.1. The van der Waals surface area contributed by atoms with Crippen molar-refractivity contribution in [3.8, 4) is 0 Å². The molecule has 0 aromatic heterocycles. The lowest BCUT2D eigenvalue weighted by Gasteiger charge is -2.22. The Morgan fingerprint density at radius 1 is 1.10 bits per heavy atom. The highest BCUT2D eigenvalue weighted by Gasteiger charge is 2.33. The molecule has 2 amide bonds. The molecule has 1 aliphatic heterocycles. The molecule has 4 rings (SSSR count). The third-order valence-electron chi connectivity index (χ3n) is 5.42. The highest BCUT2D eigenvalue weighted by Crippen LogP contribution is 2.29. The van der Waals surface area contributed by atoms with Gasteiger partial charge in [-0.3, -0.25) is 9.59 Å². The van der Waals surface area contributed by atoms with E-state index in [1.54, 1.807) is 52.3 Å². The van der Waals surface area contributed by atoms with Crippen molar-refractivity contribution in [1.29, 1.82) is 0 Å². The maximum atomic E-state index is 14.0. The van der Waals surface area contributed by atoms with E-state index in [4.69, 9.17) is 4.74 Å². The van der Waals surface area contributed by atoms with Crippen molar-refractivity contribution in [2.45, 2.75) is 38.3 Å². The first-order chi connectivity index (χ1) is 14.5. The van der Waals surface area contributed by atoms with Crippen molar-refractivity contribution in [1.82, 2.24) is 4.90 Å². The second kappa shape index (κ2) is 8.65. The van der Waals surface area contributed by atoms with Gasteiger partial charge in [0.2, 0.25) is 5.91 Å². The van der Waals surface area contributed by atoms with Gasteiger partial charge < -0.3 is 14.5 Å². The van der Waals surface area contributed by atoms with Crippen LogP contribution in [0.1, 0.15) is 41.6 Å². The first kappa shape index (κ1) is 20.1. The van der Waals surface area contributed by atoms with Crippen LogP contribution in [0.5, 0.6) is 0 Å². The molecule has 2 aromatic carbocycles. The minimum atomic E-state index is -0.607. The fourth-order valence-corrected chi connectivity index (χ4v) is 3.61. The summed E-state index contributed by atoms with van der Waals surface area (Å²) in [6.45, 7) is 0.443. The SMILES string of the molecule is O=C(OCC(=O)N(Cc1ccccc1F)C1CC1)c1ccc(N2CCCC2=O)cc1. The van der Waals surface area contributed by atoms with Gasteiger partial charge in [0.15, 0.2) is 6.61 Å². The quantitative estimate of drug-likeness (QED) is 0.657. The molecule has 2 fully saturated rings. The van der Waals surface area contributed by atoms with Crippen LogP contribution in [0.4, 0.5) is 10.1 Å². The Labute approximate surface area is 174 Å². The third kappa shape index (κ3) is 4.50. The fraction of sp³-hybridized carbons (Fsp3) is 0.348. The van der Waals surface area contributed by atoms with Crippen LogP contribution in [-0.2, 0) is 20.9 Å². The molecule has 0 spiro atoms. The Morgan fingerprint density at radius 3 is 2.47 bits per heavy atom. The molecule has 156 valence electrons. The number of nitrogens with zero attached hydrogens (tertiary/aromatic N) is 2. The maximum Gasteiger partial charge on any atom is 0.338 e. The lowest BCUT2D eigenvalue weighted by atomic mass is 10.2. The first-order valence-electron chi connectivity index (χ1n) is 10.1. The molecule has 1 aliphatic carbocycles. The van der Waals surface area contributed by atoms with Gasteiger partial charge in [0.1, 0.15) is 5.82 Å². The van der Waals surface area contributed by atoms with Crippen molar-refractivity contribution in [2.75, 3.05) is 18.1 Å². The fourth-order valence-electron chi connectivity index (χ4n) is 3.61. The number of anilines is 1. The van der Waals surface area contributed by atoms with Gasteiger partial charge in [-0.2, -0.15) is 0 Å². The zero-order valence-corrected chi connectivity index (χ0v) is 16.6. The number of amides is 2. The van der Waals surface area contributed by atoms with E-state index in [1.807, 2.05) is 0 Å². The topological polar surface area (TPSA) is 66.9 Å². The number of rotatable bonds is 7. The molecule has 2 aliphatic rings. The number of benzene rings is 2. The number of ether oxygens (including phenoxy) is 1. The summed E-state index contributed by atoms with van der Waals surface area (Å²) >= 11 is 0. The molecule has 0 bridgehead atoms. The number of carbonyl (C=O) groups is 3. The minimum absolute atomic E-state index is 0.0630. The molecule has 6 nitrogen and oxygen atoms in total. The van der Waals surface area contributed by atoms with Crippen LogP contribution in [0.15, 0.2) is 48.5 Å². The van der Waals surface area contributed by atoms with E-state index in [9.17, 15) is 18.8 Å². The van der Waals surface area contributed by atoms with Gasteiger partial charge in [-0.05, 0) is 49.6 Å². The van der Waals surface area contributed by atoms with Crippen LogP contribution in [0.2, 0.25) is 0 Å². The second-order valence-electron chi connectivity index (χ2n) is 7.62. The normalized spacial score (nSPS) is 15.9. The summed E-state index contributed by atoms with van der Waals surface area (Å²) in [6.07, 6.45) is 3.10. The van der Waals surface area contributed by atoms with Crippen LogP contribution < -0.4 is 4.90 Å². The smallest absolute Gasteiger partial charge is 0.338 e. The molecule has 0 N–H and O–H groups in total. The number of hydrogen-bond donors (Lipinski definition) is 0. The summed E-state index contributed by atoms with van der Waals surface area (Å²) in [7, 11) is 0. The lowest BCUT2D eigenvalue weighted by molar-refractivity contribution is -0.135. The summed E-state index contributed by atoms with van der Waals surface area (Å²) in [5.41, 5.74) is 1.50.